The third kappa shape index (κ3) is 3.90. The first kappa shape index (κ1) is 19.6. The van der Waals surface area contributed by atoms with Gasteiger partial charge in [-0.1, -0.05) is 12.1 Å². The van der Waals surface area contributed by atoms with Gasteiger partial charge in [0.25, 0.3) is 0 Å². The third-order valence-electron chi connectivity index (χ3n) is 6.82. The van der Waals surface area contributed by atoms with Gasteiger partial charge in [-0.25, -0.2) is 4.39 Å². The maximum Gasteiger partial charge on any atom is 0.312 e. The Bertz CT molecular complexity index is 695. The summed E-state index contributed by atoms with van der Waals surface area (Å²) in [5, 5.41) is 0. The van der Waals surface area contributed by atoms with E-state index in [2.05, 4.69) is 14.7 Å². The van der Waals surface area contributed by atoms with E-state index < -0.39 is 0 Å². The predicted molar refractivity (Wildman–Crippen MR) is 108 cm³/mol. The number of hydrogen-bond donors (Lipinski definition) is 0. The summed E-state index contributed by atoms with van der Waals surface area (Å²) in [6.45, 7) is 4.52. The highest BCUT2D eigenvalue weighted by atomic mass is 19.1. The Hall–Kier alpha value is -1.66. The molecule has 1 atom stereocenters. The van der Waals surface area contributed by atoms with Crippen molar-refractivity contribution in [1.82, 2.24) is 9.80 Å². The second kappa shape index (κ2) is 7.99. The van der Waals surface area contributed by atoms with Crippen LogP contribution in [0.4, 0.5) is 10.1 Å². The molecule has 0 N–H and O–H groups in total. The lowest BCUT2D eigenvalue weighted by Crippen LogP contribution is -2.50. The van der Waals surface area contributed by atoms with Crippen molar-refractivity contribution in [1.29, 1.82) is 0 Å². The van der Waals surface area contributed by atoms with Crippen LogP contribution < -0.4 is 4.90 Å². The van der Waals surface area contributed by atoms with Crippen molar-refractivity contribution in [2.75, 3.05) is 51.7 Å². The summed E-state index contributed by atoms with van der Waals surface area (Å²) in [6.07, 6.45) is 4.82. The van der Waals surface area contributed by atoms with E-state index in [-0.39, 0.29) is 23.3 Å². The highest BCUT2D eigenvalue weighted by molar-refractivity contribution is 5.79. The van der Waals surface area contributed by atoms with Gasteiger partial charge in [0.05, 0.1) is 11.1 Å². The van der Waals surface area contributed by atoms with Crippen LogP contribution in [0.2, 0.25) is 0 Å². The molecule has 5 nitrogen and oxygen atoms in total. The van der Waals surface area contributed by atoms with Crippen molar-refractivity contribution in [2.24, 2.45) is 5.41 Å². The number of anilines is 1. The molecule has 1 aromatic rings. The first-order chi connectivity index (χ1) is 13.5. The fourth-order valence-corrected chi connectivity index (χ4v) is 5.25. The zero-order valence-electron chi connectivity index (χ0n) is 17.1. The first-order valence-electron chi connectivity index (χ1n) is 10.6. The number of rotatable bonds is 4. The highest BCUT2D eigenvalue weighted by Crippen LogP contribution is 2.44. The summed E-state index contributed by atoms with van der Waals surface area (Å²) in [5.74, 6) is -0.110. The molecule has 3 heterocycles. The van der Waals surface area contributed by atoms with Crippen LogP contribution in [0, 0.1) is 11.2 Å². The smallest absolute Gasteiger partial charge is 0.312 e. The third-order valence-corrected chi connectivity index (χ3v) is 6.82. The van der Waals surface area contributed by atoms with E-state index >= 15 is 0 Å². The Morgan fingerprint density at radius 2 is 1.82 bits per heavy atom. The monoisotopic (exact) mass is 389 g/mol. The van der Waals surface area contributed by atoms with Crippen molar-refractivity contribution in [2.45, 2.75) is 44.2 Å². The molecule has 1 unspecified atom stereocenters. The van der Waals surface area contributed by atoms with E-state index in [1.165, 1.54) is 6.07 Å². The average molecular weight is 390 g/mol. The van der Waals surface area contributed by atoms with Crippen molar-refractivity contribution >= 4 is 11.7 Å². The highest BCUT2D eigenvalue weighted by Gasteiger charge is 2.50. The minimum atomic E-state index is -0.259. The lowest BCUT2D eigenvalue weighted by Gasteiger charge is -2.44. The molecule has 0 saturated carbocycles. The normalized spacial score (nSPS) is 26.2. The summed E-state index contributed by atoms with van der Waals surface area (Å²) >= 11 is 0. The van der Waals surface area contributed by atoms with Gasteiger partial charge in [-0.2, -0.15) is 0 Å². The van der Waals surface area contributed by atoms with Crippen LogP contribution in [-0.4, -0.2) is 74.7 Å². The van der Waals surface area contributed by atoms with Crippen molar-refractivity contribution in [3.8, 4) is 0 Å². The zero-order chi connectivity index (χ0) is 19.7. The number of halogens is 1. The average Bonchev–Trinajstić information content (AvgIpc) is 2.97. The predicted octanol–water partition coefficient (Wildman–Crippen LogP) is 2.75. The van der Waals surface area contributed by atoms with Gasteiger partial charge >= 0.3 is 5.97 Å². The molecule has 3 fully saturated rings. The van der Waals surface area contributed by atoms with Crippen LogP contribution in [-0.2, 0) is 9.53 Å². The second-order valence-electron chi connectivity index (χ2n) is 8.98. The van der Waals surface area contributed by atoms with Crippen LogP contribution in [0.1, 0.15) is 32.1 Å². The molecule has 4 rings (SSSR count). The molecule has 28 heavy (non-hydrogen) atoms. The topological polar surface area (TPSA) is 36.0 Å². The molecule has 3 aliphatic heterocycles. The number of benzene rings is 1. The fourth-order valence-electron chi connectivity index (χ4n) is 5.25. The number of likely N-dealkylation sites (tertiary alicyclic amines) is 1. The minimum Gasteiger partial charge on any atom is -0.461 e. The molecule has 3 aliphatic rings. The number of ether oxygens (including phenoxy) is 1. The first-order valence-corrected chi connectivity index (χ1v) is 10.6. The van der Waals surface area contributed by atoms with Crippen molar-refractivity contribution < 1.29 is 13.9 Å². The molecular formula is C22H32FN3O2. The van der Waals surface area contributed by atoms with Gasteiger partial charge in [0, 0.05) is 32.1 Å². The number of para-hydroxylation sites is 1. The zero-order valence-corrected chi connectivity index (χ0v) is 17.1. The van der Waals surface area contributed by atoms with Crippen LogP contribution in [0.5, 0.6) is 0 Å². The second-order valence-corrected chi connectivity index (χ2v) is 8.98. The number of carbonyl (C=O) groups excluding carboxylic acids is 1. The Morgan fingerprint density at radius 1 is 1.14 bits per heavy atom. The SMILES string of the molecule is CN(C)CC1CC2(CCN(C3CCN(c4ccccc4F)CC3)CC2)C(=O)O1. The molecule has 1 spiro atoms. The Balaban J connectivity index is 1.29. The summed E-state index contributed by atoms with van der Waals surface area (Å²) in [4.78, 5) is 19.4. The Kier molecular flexibility index (Phi) is 5.61. The molecule has 1 aromatic carbocycles. The molecule has 0 aliphatic carbocycles. The lowest BCUT2D eigenvalue weighted by atomic mass is 9.75. The van der Waals surface area contributed by atoms with E-state index in [0.29, 0.717) is 6.04 Å². The summed E-state index contributed by atoms with van der Waals surface area (Å²) < 4.78 is 19.7. The van der Waals surface area contributed by atoms with Gasteiger partial charge in [0.15, 0.2) is 0 Å². The van der Waals surface area contributed by atoms with Crippen LogP contribution in [0.3, 0.4) is 0 Å². The molecule has 154 valence electrons. The maximum atomic E-state index is 14.0. The maximum absolute atomic E-state index is 14.0. The number of carbonyl (C=O) groups is 1. The molecule has 6 heteroatoms. The summed E-state index contributed by atoms with van der Waals surface area (Å²) in [6, 6.07) is 7.59. The van der Waals surface area contributed by atoms with E-state index in [1.807, 2.05) is 26.2 Å². The van der Waals surface area contributed by atoms with Gasteiger partial charge in [-0.3, -0.25) is 4.79 Å². The van der Waals surface area contributed by atoms with E-state index in [4.69, 9.17) is 4.74 Å². The molecule has 0 radical (unpaired) electrons. The molecule has 0 amide bonds. The summed E-state index contributed by atoms with van der Waals surface area (Å²) in [7, 11) is 4.05. The number of nitrogens with zero attached hydrogens (tertiary/aromatic N) is 3. The summed E-state index contributed by atoms with van der Waals surface area (Å²) in [5.41, 5.74) is 0.463. The van der Waals surface area contributed by atoms with Crippen LogP contribution in [0.25, 0.3) is 0 Å². The largest absolute Gasteiger partial charge is 0.461 e. The van der Waals surface area contributed by atoms with Gasteiger partial charge in [0.1, 0.15) is 11.9 Å². The van der Waals surface area contributed by atoms with Crippen molar-refractivity contribution in [3.05, 3.63) is 30.1 Å². The lowest BCUT2D eigenvalue weighted by molar-refractivity contribution is -0.151. The van der Waals surface area contributed by atoms with Gasteiger partial charge in [-0.15, -0.1) is 0 Å². The Morgan fingerprint density at radius 3 is 2.46 bits per heavy atom. The number of esters is 1. The quantitative estimate of drug-likeness (QED) is 0.740. The molecule has 0 bridgehead atoms. The van der Waals surface area contributed by atoms with Gasteiger partial charge in [0.2, 0.25) is 0 Å². The van der Waals surface area contributed by atoms with E-state index in [1.54, 1.807) is 6.07 Å². The number of hydrogen-bond acceptors (Lipinski definition) is 5. The van der Waals surface area contributed by atoms with Crippen molar-refractivity contribution in [3.63, 3.8) is 0 Å². The standard InChI is InChI=1S/C22H32FN3O2/c1-24(2)16-18-15-22(21(27)28-18)9-13-25(14-10-22)17-7-11-26(12-8-17)20-6-4-3-5-19(20)23/h3-6,17-18H,7-16H2,1-2H3. The van der Waals surface area contributed by atoms with Gasteiger partial charge in [-0.05, 0) is 65.0 Å². The Labute approximate surface area is 167 Å². The molecule has 3 saturated heterocycles. The molecule has 0 aromatic heterocycles. The molecular weight excluding hydrogens is 357 g/mol. The van der Waals surface area contributed by atoms with E-state index in [9.17, 15) is 9.18 Å². The number of cyclic esters (lactones) is 1. The number of likely N-dealkylation sites (N-methyl/N-ethyl adjacent to an activating group) is 1. The van der Waals surface area contributed by atoms with Gasteiger partial charge < -0.3 is 19.4 Å². The minimum absolute atomic E-state index is 0.0216. The fraction of sp³-hybridized carbons (Fsp3) is 0.682. The van der Waals surface area contributed by atoms with Crippen LogP contribution in [0.15, 0.2) is 24.3 Å². The van der Waals surface area contributed by atoms with E-state index in [0.717, 1.165) is 70.5 Å². The van der Waals surface area contributed by atoms with Crippen LogP contribution >= 0.6 is 0 Å². The number of piperidine rings is 2.